The average Bonchev–Trinajstić information content (AvgIpc) is 3.81. The van der Waals surface area contributed by atoms with E-state index in [1.807, 2.05) is 30.3 Å². The summed E-state index contributed by atoms with van der Waals surface area (Å²) in [6.45, 7) is 10.8. The fourth-order valence-corrected chi connectivity index (χ4v) is 11.4. The Hall–Kier alpha value is -5.27. The lowest BCUT2D eigenvalue weighted by atomic mass is 9.72. The summed E-state index contributed by atoms with van der Waals surface area (Å²) in [6, 6.07) is 20.6. The number of carboxylic acid groups (broad SMARTS) is 1. The number of aromatic nitrogens is 2. The second-order valence-corrected chi connectivity index (χ2v) is 22.7. The van der Waals surface area contributed by atoms with E-state index in [0.29, 0.717) is 55.7 Å². The minimum Gasteiger partial charge on any atom is -0.481 e. The summed E-state index contributed by atoms with van der Waals surface area (Å²) in [5.74, 6) is -0.777. The van der Waals surface area contributed by atoms with Gasteiger partial charge < -0.3 is 29.9 Å². The minimum atomic E-state index is -5.78. The highest BCUT2D eigenvalue weighted by Gasteiger charge is 2.48. The number of ether oxygens (including phenoxy) is 1. The molecule has 0 saturated carbocycles. The molecule has 4 heterocycles. The number of piperidine rings is 1. The van der Waals surface area contributed by atoms with Crippen LogP contribution in [0, 0.1) is 5.41 Å². The van der Waals surface area contributed by atoms with Gasteiger partial charge in [-0.05, 0) is 135 Å². The number of aliphatic carboxylic acids is 1. The van der Waals surface area contributed by atoms with Crippen LogP contribution in [0.2, 0.25) is 5.02 Å². The quantitative estimate of drug-likeness (QED) is 0.0459. The van der Waals surface area contributed by atoms with Crippen molar-refractivity contribution >= 4 is 73.2 Å². The number of alkyl halides is 3. The SMILES string of the molecule is CC1(C)CCC(CN2CCN(c3ccc(C(=O)NSc4ccc(NC5CCN(CCCCCCC(=O)O)CC5)c(S(=O)(=O)C(F)(F)F)c4)c(Oc4cnc5[nH]ccc5c4)c3)CC2)=C(c2ccc(Cl)cc2)C1. The summed E-state index contributed by atoms with van der Waals surface area (Å²) in [4.78, 5) is 38.5. The Balaban J connectivity index is 0.947. The number of unbranched alkanes of at least 4 members (excludes halogenated alkanes) is 3. The van der Waals surface area contributed by atoms with Crippen LogP contribution in [0.5, 0.6) is 11.5 Å². The molecule has 4 N–H and O–H groups in total. The van der Waals surface area contributed by atoms with Crippen LogP contribution in [-0.2, 0) is 14.6 Å². The third-order valence-electron chi connectivity index (χ3n) is 13.7. The maximum atomic E-state index is 14.2. The molecule has 2 fully saturated rings. The van der Waals surface area contributed by atoms with E-state index in [1.54, 1.807) is 24.5 Å². The zero-order valence-electron chi connectivity index (χ0n) is 40.0. The summed E-state index contributed by atoms with van der Waals surface area (Å²) in [5.41, 5.74) is 0.252. The van der Waals surface area contributed by atoms with Crippen LogP contribution in [0.15, 0.2) is 101 Å². The van der Waals surface area contributed by atoms with Gasteiger partial charge in [0.1, 0.15) is 22.0 Å². The second kappa shape index (κ2) is 22.7. The molecule has 3 aromatic carbocycles. The fourth-order valence-electron chi connectivity index (χ4n) is 9.66. The predicted molar refractivity (Wildman–Crippen MR) is 274 cm³/mol. The first kappa shape index (κ1) is 52.1. The van der Waals surface area contributed by atoms with E-state index >= 15 is 0 Å². The number of piperazine rings is 1. The number of allylic oxidation sites excluding steroid dienone is 1. The van der Waals surface area contributed by atoms with Crippen molar-refractivity contribution in [2.45, 2.75) is 99.4 Å². The lowest BCUT2D eigenvalue weighted by Crippen LogP contribution is -2.47. The first-order chi connectivity index (χ1) is 33.9. The molecular formula is C52H61ClF3N7O6S2. The number of benzene rings is 3. The van der Waals surface area contributed by atoms with E-state index in [2.05, 4.69) is 60.7 Å². The summed E-state index contributed by atoms with van der Waals surface area (Å²) >= 11 is 6.96. The largest absolute Gasteiger partial charge is 0.501 e. The molecule has 19 heteroatoms. The zero-order chi connectivity index (χ0) is 50.3. The van der Waals surface area contributed by atoms with Crippen molar-refractivity contribution in [3.8, 4) is 11.5 Å². The van der Waals surface area contributed by atoms with Crippen molar-refractivity contribution in [2.24, 2.45) is 5.41 Å². The van der Waals surface area contributed by atoms with Gasteiger partial charge in [0.15, 0.2) is 0 Å². The molecule has 2 aromatic heterocycles. The number of carboxylic acids is 1. The Morgan fingerprint density at radius 2 is 1.68 bits per heavy atom. The van der Waals surface area contributed by atoms with Gasteiger partial charge in [-0.15, -0.1) is 0 Å². The van der Waals surface area contributed by atoms with E-state index in [-0.39, 0.29) is 39.8 Å². The van der Waals surface area contributed by atoms with Crippen LogP contribution >= 0.6 is 23.5 Å². The lowest BCUT2D eigenvalue weighted by Gasteiger charge is -2.39. The number of hydrogen-bond donors (Lipinski definition) is 4. The van der Waals surface area contributed by atoms with Crippen LogP contribution in [0.1, 0.15) is 94.0 Å². The van der Waals surface area contributed by atoms with Crippen LogP contribution in [0.4, 0.5) is 24.5 Å². The number of halogens is 4. The molecule has 5 aromatic rings. The van der Waals surface area contributed by atoms with Gasteiger partial charge in [0.25, 0.3) is 15.7 Å². The Labute approximate surface area is 422 Å². The van der Waals surface area contributed by atoms with Crippen molar-refractivity contribution in [1.29, 1.82) is 0 Å². The maximum absolute atomic E-state index is 14.2. The number of carbonyl (C=O) groups is 2. The van der Waals surface area contributed by atoms with Crippen molar-refractivity contribution in [1.82, 2.24) is 24.5 Å². The number of pyridine rings is 1. The number of likely N-dealkylation sites (tertiary alicyclic amines) is 1. The number of H-pyrrole nitrogens is 1. The van der Waals surface area contributed by atoms with Crippen LogP contribution in [-0.4, -0.2) is 109 Å². The summed E-state index contributed by atoms with van der Waals surface area (Å²) in [7, 11) is -5.78. The smallest absolute Gasteiger partial charge is 0.481 e. The number of nitrogens with one attached hydrogen (secondary N) is 3. The molecule has 13 nitrogen and oxygen atoms in total. The average molecular weight is 1040 g/mol. The van der Waals surface area contributed by atoms with Gasteiger partial charge >= 0.3 is 11.5 Å². The van der Waals surface area contributed by atoms with Crippen molar-refractivity contribution in [3.05, 3.63) is 107 Å². The second-order valence-electron chi connectivity index (χ2n) is 19.5. The minimum absolute atomic E-state index is 0.0805. The third kappa shape index (κ3) is 13.4. The van der Waals surface area contributed by atoms with Crippen LogP contribution in [0.3, 0.4) is 0 Å². The Kier molecular flexibility index (Phi) is 16.6. The molecule has 3 aliphatic rings. The molecule has 0 atom stereocenters. The van der Waals surface area contributed by atoms with Crippen molar-refractivity contribution in [3.63, 3.8) is 0 Å². The lowest BCUT2D eigenvalue weighted by molar-refractivity contribution is -0.137. The van der Waals surface area contributed by atoms with Crippen molar-refractivity contribution in [2.75, 3.05) is 62.6 Å². The number of hydrogen-bond acceptors (Lipinski definition) is 11. The number of carbonyl (C=O) groups excluding carboxylic acids is 1. The number of fused-ring (bicyclic) bond motifs is 1. The molecule has 1 amide bonds. The van der Waals surface area contributed by atoms with Gasteiger partial charge in [0.05, 0.1) is 17.4 Å². The van der Waals surface area contributed by atoms with Gasteiger partial charge in [0, 0.05) is 91.5 Å². The number of sulfone groups is 1. The molecule has 0 spiro atoms. The molecule has 1 aliphatic carbocycles. The van der Waals surface area contributed by atoms with Gasteiger partial charge in [-0.2, -0.15) is 13.2 Å². The Morgan fingerprint density at radius 1 is 0.930 bits per heavy atom. The zero-order valence-corrected chi connectivity index (χ0v) is 42.4. The van der Waals surface area contributed by atoms with E-state index < -0.39 is 32.1 Å². The number of nitrogens with zero attached hydrogens (tertiary/aromatic N) is 4. The Bertz CT molecular complexity index is 2830. The molecule has 2 saturated heterocycles. The van der Waals surface area contributed by atoms with Gasteiger partial charge in [-0.25, -0.2) is 13.4 Å². The summed E-state index contributed by atoms with van der Waals surface area (Å²) in [5, 5.41) is 13.4. The molecular weight excluding hydrogens is 975 g/mol. The van der Waals surface area contributed by atoms with Crippen LogP contribution in [0.25, 0.3) is 16.6 Å². The fraction of sp³-hybridized carbons (Fsp3) is 0.442. The topological polar surface area (TPSA) is 160 Å². The number of amides is 1. The monoisotopic (exact) mass is 1040 g/mol. The molecule has 0 bridgehead atoms. The van der Waals surface area contributed by atoms with E-state index in [1.165, 1.54) is 28.8 Å². The highest BCUT2D eigenvalue weighted by Crippen LogP contribution is 2.44. The standard InChI is InChI=1S/C52H61ClF3N7O6S2/c1-51(2)20-16-37(44(32-51)35-8-10-38(53)11-9-35)34-62-25-27-63(28-26-62)40-12-14-43(46(30-40)69-41-29-36-17-21-57-49(36)58-33-41)50(66)60-70-42-13-15-45(47(31-42)71(67,68)52(54,55)56)59-39-18-23-61(24-19-39)22-6-4-3-5-7-48(64)65/h8-15,17,21,29-31,33,39,59H,3-7,16,18-20,22-28,32,34H2,1-2H3,(H,57,58)(H,60,66)(H,64,65). The molecule has 8 rings (SSSR count). The van der Waals surface area contributed by atoms with E-state index in [9.17, 15) is 31.2 Å². The number of aromatic amines is 1. The molecule has 71 heavy (non-hydrogen) atoms. The molecule has 0 radical (unpaired) electrons. The molecule has 0 unspecified atom stereocenters. The van der Waals surface area contributed by atoms with Gasteiger partial charge in [0.2, 0.25) is 0 Å². The predicted octanol–water partition coefficient (Wildman–Crippen LogP) is 11.4. The molecule has 2 aliphatic heterocycles. The van der Waals surface area contributed by atoms with E-state index in [4.69, 9.17) is 21.4 Å². The third-order valence-corrected chi connectivity index (χ3v) is 16.3. The summed E-state index contributed by atoms with van der Waals surface area (Å²) < 4.78 is 77.6. The van der Waals surface area contributed by atoms with Crippen LogP contribution < -0.4 is 19.7 Å². The first-order valence-electron chi connectivity index (χ1n) is 24.2. The van der Waals surface area contributed by atoms with Gasteiger partial charge in [-0.1, -0.05) is 56.0 Å². The Morgan fingerprint density at radius 3 is 2.41 bits per heavy atom. The number of anilines is 2. The highest BCUT2D eigenvalue weighted by atomic mass is 35.5. The van der Waals surface area contributed by atoms with Crippen molar-refractivity contribution < 1.29 is 41.0 Å². The molecule has 380 valence electrons. The highest BCUT2D eigenvalue weighted by molar-refractivity contribution is 7.98. The van der Waals surface area contributed by atoms with E-state index in [0.717, 1.165) is 100.0 Å². The maximum Gasteiger partial charge on any atom is 0.501 e. The normalized spacial score (nSPS) is 17.4. The summed E-state index contributed by atoms with van der Waals surface area (Å²) in [6.07, 6.45) is 11.1. The number of rotatable bonds is 19. The van der Waals surface area contributed by atoms with Gasteiger partial charge in [-0.3, -0.25) is 19.2 Å². The first-order valence-corrected chi connectivity index (χ1v) is 26.9.